The number of nitrogens with two attached hydrogens (primary N) is 1. The van der Waals surface area contributed by atoms with Gasteiger partial charge in [0.15, 0.2) is 0 Å². The molecule has 2 fully saturated rings. The fourth-order valence-electron chi connectivity index (χ4n) is 3.17. The normalized spacial score (nSPS) is 53.5. The van der Waals surface area contributed by atoms with E-state index in [2.05, 4.69) is 12.2 Å². The molecule has 1 amide bonds. The average molecular weight is 163 g/mol. The number of amides is 1. The first-order chi connectivity index (χ1) is 5.77. The highest BCUT2D eigenvalue weighted by Crippen LogP contribution is 2.61. The number of rotatable bonds is 1. The summed E-state index contributed by atoms with van der Waals surface area (Å²) in [7, 11) is 0. The number of hydrogen-bond acceptors (Lipinski definition) is 1. The molecule has 2 saturated carbocycles. The third kappa shape index (κ3) is 0.680. The topological polar surface area (TPSA) is 43.1 Å². The van der Waals surface area contributed by atoms with Crippen LogP contribution in [0.4, 0.5) is 0 Å². The monoisotopic (exact) mass is 163 g/mol. The molecule has 0 radical (unpaired) electrons. The predicted molar refractivity (Wildman–Crippen MR) is 45.0 cm³/mol. The van der Waals surface area contributed by atoms with Gasteiger partial charge in [0.1, 0.15) is 0 Å². The Balaban J connectivity index is 1.94. The highest BCUT2D eigenvalue weighted by atomic mass is 16.1. The molecule has 2 heteroatoms. The molecule has 5 atom stereocenters. The zero-order valence-corrected chi connectivity index (χ0v) is 6.94. The Morgan fingerprint density at radius 3 is 2.75 bits per heavy atom. The van der Waals surface area contributed by atoms with Crippen LogP contribution in [0.2, 0.25) is 0 Å². The Kier molecular flexibility index (Phi) is 1.07. The van der Waals surface area contributed by atoms with Crippen molar-refractivity contribution in [1.29, 1.82) is 0 Å². The van der Waals surface area contributed by atoms with Gasteiger partial charge in [0.25, 0.3) is 0 Å². The van der Waals surface area contributed by atoms with Crippen LogP contribution in [0.3, 0.4) is 0 Å². The van der Waals surface area contributed by atoms with Gasteiger partial charge in [-0.1, -0.05) is 12.2 Å². The largest absolute Gasteiger partial charge is 0.369 e. The Morgan fingerprint density at radius 1 is 1.25 bits per heavy atom. The quantitative estimate of drug-likeness (QED) is 0.574. The van der Waals surface area contributed by atoms with Crippen LogP contribution >= 0.6 is 0 Å². The third-order valence-electron chi connectivity index (χ3n) is 3.87. The van der Waals surface area contributed by atoms with Crippen molar-refractivity contribution < 1.29 is 4.79 Å². The minimum Gasteiger partial charge on any atom is -0.369 e. The molecular formula is C10H13NO. The molecule has 0 saturated heterocycles. The molecule has 2 bridgehead atoms. The van der Waals surface area contributed by atoms with Crippen LogP contribution in [0.25, 0.3) is 0 Å². The summed E-state index contributed by atoms with van der Waals surface area (Å²) in [5.41, 5.74) is 5.36. The number of hydrogen-bond donors (Lipinski definition) is 1. The molecule has 5 unspecified atom stereocenters. The van der Waals surface area contributed by atoms with Gasteiger partial charge in [-0.05, 0) is 36.5 Å². The van der Waals surface area contributed by atoms with Crippen molar-refractivity contribution in [2.75, 3.05) is 0 Å². The second-order valence-electron chi connectivity index (χ2n) is 4.43. The van der Waals surface area contributed by atoms with Gasteiger partial charge in [0, 0.05) is 5.92 Å². The zero-order valence-electron chi connectivity index (χ0n) is 6.94. The van der Waals surface area contributed by atoms with Gasteiger partial charge >= 0.3 is 0 Å². The molecule has 0 heterocycles. The molecule has 2 nitrogen and oxygen atoms in total. The minimum atomic E-state index is -0.0836. The van der Waals surface area contributed by atoms with Crippen molar-refractivity contribution in [2.45, 2.75) is 12.8 Å². The van der Waals surface area contributed by atoms with E-state index in [1.54, 1.807) is 0 Å². The van der Waals surface area contributed by atoms with E-state index in [1.165, 1.54) is 6.42 Å². The molecule has 2 N–H and O–H groups in total. The van der Waals surface area contributed by atoms with E-state index >= 15 is 0 Å². The molecule has 0 aliphatic heterocycles. The Hall–Kier alpha value is -0.790. The molecule has 0 aromatic carbocycles. The first kappa shape index (κ1) is 6.70. The number of primary amides is 1. The van der Waals surface area contributed by atoms with Crippen molar-refractivity contribution in [2.24, 2.45) is 35.3 Å². The molecule has 4 aliphatic carbocycles. The lowest BCUT2D eigenvalue weighted by Gasteiger charge is -2.35. The van der Waals surface area contributed by atoms with E-state index in [9.17, 15) is 4.79 Å². The third-order valence-corrected chi connectivity index (χ3v) is 3.87. The second kappa shape index (κ2) is 1.93. The number of fused-ring (bicyclic) bond motifs is 1. The van der Waals surface area contributed by atoms with Crippen LogP contribution in [-0.4, -0.2) is 5.91 Å². The Morgan fingerprint density at radius 2 is 2.08 bits per heavy atom. The van der Waals surface area contributed by atoms with Crippen molar-refractivity contribution >= 4 is 5.91 Å². The van der Waals surface area contributed by atoms with E-state index in [0.717, 1.165) is 18.3 Å². The molecule has 0 aromatic heterocycles. The lowest BCUT2D eigenvalue weighted by molar-refractivity contribution is -0.124. The predicted octanol–water partition coefficient (Wildman–Crippen LogP) is 0.930. The van der Waals surface area contributed by atoms with Crippen LogP contribution in [0, 0.1) is 29.6 Å². The second-order valence-corrected chi connectivity index (χ2v) is 4.43. The maximum absolute atomic E-state index is 11.1. The molecular weight excluding hydrogens is 150 g/mol. The zero-order chi connectivity index (χ0) is 8.29. The molecule has 4 aliphatic rings. The van der Waals surface area contributed by atoms with E-state index in [4.69, 9.17) is 5.73 Å². The van der Waals surface area contributed by atoms with E-state index in [0.29, 0.717) is 11.8 Å². The standard InChI is InChI=1S/C10H13NO/c11-10(12)9-3-5-1-2-6(9)8-4-7(5)8/h1-2,5-9H,3-4H2,(H2,11,12). The van der Waals surface area contributed by atoms with Crippen LogP contribution < -0.4 is 5.73 Å². The molecule has 4 rings (SSSR count). The summed E-state index contributed by atoms with van der Waals surface area (Å²) in [4.78, 5) is 11.1. The summed E-state index contributed by atoms with van der Waals surface area (Å²) in [6, 6.07) is 0. The molecule has 12 heavy (non-hydrogen) atoms. The van der Waals surface area contributed by atoms with E-state index in [-0.39, 0.29) is 11.8 Å². The number of carbonyl (C=O) groups excluding carboxylic acids is 1. The summed E-state index contributed by atoms with van der Waals surface area (Å²) in [5.74, 6) is 2.97. The van der Waals surface area contributed by atoms with Crippen LogP contribution in [0.15, 0.2) is 12.2 Å². The lowest BCUT2D eigenvalue weighted by Crippen LogP contribution is -2.38. The van der Waals surface area contributed by atoms with Crippen LogP contribution in [-0.2, 0) is 4.79 Å². The summed E-state index contributed by atoms with van der Waals surface area (Å²) >= 11 is 0. The smallest absolute Gasteiger partial charge is 0.221 e. The van der Waals surface area contributed by atoms with Crippen LogP contribution in [0.5, 0.6) is 0 Å². The molecule has 0 aromatic rings. The highest BCUT2D eigenvalue weighted by molar-refractivity contribution is 5.78. The van der Waals surface area contributed by atoms with Crippen LogP contribution in [0.1, 0.15) is 12.8 Å². The number of allylic oxidation sites excluding steroid dienone is 2. The highest BCUT2D eigenvalue weighted by Gasteiger charge is 2.56. The van der Waals surface area contributed by atoms with E-state index < -0.39 is 0 Å². The van der Waals surface area contributed by atoms with Gasteiger partial charge in [0.2, 0.25) is 5.91 Å². The summed E-state index contributed by atoms with van der Waals surface area (Å²) < 4.78 is 0. The minimum absolute atomic E-state index is 0.0836. The number of carbonyl (C=O) groups is 1. The summed E-state index contributed by atoms with van der Waals surface area (Å²) in [5, 5.41) is 0. The molecule has 64 valence electrons. The molecule has 0 spiro atoms. The van der Waals surface area contributed by atoms with Crippen molar-refractivity contribution in [3.63, 3.8) is 0 Å². The maximum atomic E-state index is 11.1. The SMILES string of the molecule is NC(=O)C1CC2C=CC1C1CC21. The summed E-state index contributed by atoms with van der Waals surface area (Å²) in [6.07, 6.45) is 6.90. The summed E-state index contributed by atoms with van der Waals surface area (Å²) in [6.45, 7) is 0. The fourth-order valence-corrected chi connectivity index (χ4v) is 3.17. The first-order valence-corrected chi connectivity index (χ1v) is 4.75. The van der Waals surface area contributed by atoms with Gasteiger partial charge in [-0.15, -0.1) is 0 Å². The van der Waals surface area contributed by atoms with E-state index in [1.807, 2.05) is 0 Å². The van der Waals surface area contributed by atoms with Gasteiger partial charge in [-0.25, -0.2) is 0 Å². The van der Waals surface area contributed by atoms with Crippen molar-refractivity contribution in [3.8, 4) is 0 Å². The van der Waals surface area contributed by atoms with Crippen molar-refractivity contribution in [3.05, 3.63) is 12.2 Å². The fraction of sp³-hybridized carbons (Fsp3) is 0.700. The average Bonchev–Trinajstić information content (AvgIpc) is 2.84. The van der Waals surface area contributed by atoms with Gasteiger partial charge in [-0.2, -0.15) is 0 Å². The van der Waals surface area contributed by atoms with Gasteiger partial charge in [0.05, 0.1) is 0 Å². The first-order valence-electron chi connectivity index (χ1n) is 4.75. The Bertz CT molecular complexity index is 271. The van der Waals surface area contributed by atoms with Gasteiger partial charge < -0.3 is 5.73 Å². The van der Waals surface area contributed by atoms with Crippen molar-refractivity contribution in [1.82, 2.24) is 0 Å². The Labute approximate surface area is 71.8 Å². The maximum Gasteiger partial charge on any atom is 0.221 e. The van der Waals surface area contributed by atoms with Gasteiger partial charge in [-0.3, -0.25) is 4.79 Å². The lowest BCUT2D eigenvalue weighted by atomic mass is 9.69.